The van der Waals surface area contributed by atoms with Crippen molar-refractivity contribution < 1.29 is 0 Å². The Balaban J connectivity index is 1.67. The first-order valence-corrected chi connectivity index (χ1v) is 11.7. The van der Waals surface area contributed by atoms with Gasteiger partial charge in [-0.3, -0.25) is 4.98 Å². The van der Waals surface area contributed by atoms with Gasteiger partial charge >= 0.3 is 0 Å². The Bertz CT molecular complexity index is 1270. The Morgan fingerprint density at radius 2 is 1.52 bits per heavy atom. The Morgan fingerprint density at radius 3 is 2.18 bits per heavy atom. The first kappa shape index (κ1) is 21.4. The number of pyridine rings is 1. The zero-order chi connectivity index (χ0) is 22.9. The molecule has 5 heteroatoms. The highest BCUT2D eigenvalue weighted by atomic mass is 32.1. The quantitative estimate of drug-likeness (QED) is 0.378. The summed E-state index contributed by atoms with van der Waals surface area (Å²) in [7, 11) is 0. The first-order valence-electron chi connectivity index (χ1n) is 11.3. The highest BCUT2D eigenvalue weighted by molar-refractivity contribution is 7.80. The van der Waals surface area contributed by atoms with Crippen molar-refractivity contribution in [1.82, 2.24) is 19.8 Å². The molecule has 1 N–H and O–H groups in total. The molecule has 1 fully saturated rings. The van der Waals surface area contributed by atoms with Gasteiger partial charge in [-0.15, -0.1) is 0 Å². The van der Waals surface area contributed by atoms with E-state index in [0.717, 1.165) is 17.4 Å². The summed E-state index contributed by atoms with van der Waals surface area (Å²) in [6.45, 7) is 7.40. The van der Waals surface area contributed by atoms with Gasteiger partial charge < -0.3 is 14.8 Å². The van der Waals surface area contributed by atoms with Crippen LogP contribution in [0.1, 0.15) is 45.9 Å². The van der Waals surface area contributed by atoms with Crippen LogP contribution >= 0.6 is 12.2 Å². The van der Waals surface area contributed by atoms with E-state index >= 15 is 0 Å². The average molecular weight is 453 g/mol. The predicted molar refractivity (Wildman–Crippen MR) is 137 cm³/mol. The predicted octanol–water partition coefficient (Wildman–Crippen LogP) is 5.97. The number of para-hydroxylation sites is 1. The molecular weight excluding hydrogens is 424 g/mol. The monoisotopic (exact) mass is 452 g/mol. The van der Waals surface area contributed by atoms with E-state index in [0.29, 0.717) is 0 Å². The van der Waals surface area contributed by atoms with Crippen LogP contribution in [0, 0.1) is 20.8 Å². The van der Waals surface area contributed by atoms with Gasteiger partial charge in [-0.1, -0.05) is 54.6 Å². The Kier molecular flexibility index (Phi) is 5.73. The molecule has 2 aromatic carbocycles. The molecule has 2 aromatic heterocycles. The van der Waals surface area contributed by atoms with Crippen molar-refractivity contribution in [3.05, 3.63) is 119 Å². The summed E-state index contributed by atoms with van der Waals surface area (Å²) in [6.07, 6.45) is 1.86. The fraction of sp³-hybridized carbons (Fsp3) is 0.214. The molecule has 5 rings (SSSR count). The molecular formula is C28H28N4S. The van der Waals surface area contributed by atoms with Crippen LogP contribution in [-0.4, -0.2) is 19.6 Å². The lowest BCUT2D eigenvalue weighted by molar-refractivity contribution is 0.309. The largest absolute Gasteiger partial charge is 0.352 e. The molecule has 0 amide bonds. The van der Waals surface area contributed by atoms with Crippen LogP contribution in [-0.2, 0) is 6.54 Å². The molecule has 1 aliphatic heterocycles. The molecule has 0 spiro atoms. The number of rotatable bonds is 5. The lowest BCUT2D eigenvalue weighted by Crippen LogP contribution is -2.29. The minimum atomic E-state index is -0.0224. The molecule has 0 saturated carbocycles. The third-order valence-electron chi connectivity index (χ3n) is 6.71. The third-order valence-corrected chi connectivity index (χ3v) is 7.06. The lowest BCUT2D eigenvalue weighted by atomic mass is 9.93. The number of benzene rings is 2. The van der Waals surface area contributed by atoms with E-state index in [1.807, 2.05) is 18.3 Å². The van der Waals surface area contributed by atoms with Crippen molar-refractivity contribution in [3.8, 4) is 5.69 Å². The van der Waals surface area contributed by atoms with Crippen LogP contribution in [0.5, 0.6) is 0 Å². The van der Waals surface area contributed by atoms with Crippen LogP contribution in [0.3, 0.4) is 0 Å². The van der Waals surface area contributed by atoms with Gasteiger partial charge in [0, 0.05) is 35.4 Å². The van der Waals surface area contributed by atoms with E-state index in [2.05, 4.69) is 102 Å². The second-order valence-corrected chi connectivity index (χ2v) is 9.01. The zero-order valence-electron chi connectivity index (χ0n) is 19.2. The van der Waals surface area contributed by atoms with E-state index < -0.39 is 0 Å². The molecule has 4 nitrogen and oxygen atoms in total. The molecule has 166 valence electrons. The molecule has 4 aromatic rings. The molecule has 0 aliphatic carbocycles. The fourth-order valence-electron chi connectivity index (χ4n) is 5.08. The smallest absolute Gasteiger partial charge is 0.170 e. The van der Waals surface area contributed by atoms with Crippen molar-refractivity contribution >= 4 is 17.3 Å². The molecule has 1 saturated heterocycles. The number of hydrogen-bond acceptors (Lipinski definition) is 2. The molecule has 1 aliphatic rings. The van der Waals surface area contributed by atoms with E-state index in [-0.39, 0.29) is 12.1 Å². The summed E-state index contributed by atoms with van der Waals surface area (Å²) < 4.78 is 2.36. The van der Waals surface area contributed by atoms with Gasteiger partial charge in [-0.25, -0.2) is 0 Å². The van der Waals surface area contributed by atoms with Crippen molar-refractivity contribution in [2.24, 2.45) is 0 Å². The van der Waals surface area contributed by atoms with Gasteiger partial charge in [-0.05, 0) is 68.4 Å². The summed E-state index contributed by atoms with van der Waals surface area (Å²) in [5, 5.41) is 4.36. The third kappa shape index (κ3) is 3.83. The van der Waals surface area contributed by atoms with E-state index in [9.17, 15) is 0 Å². The van der Waals surface area contributed by atoms with Gasteiger partial charge in [0.15, 0.2) is 5.11 Å². The number of nitrogens with one attached hydrogen (secondary N) is 1. The zero-order valence-corrected chi connectivity index (χ0v) is 20.0. The lowest BCUT2D eigenvalue weighted by Gasteiger charge is -2.29. The Hall–Kier alpha value is -3.44. The van der Waals surface area contributed by atoms with Crippen LogP contribution in [0.2, 0.25) is 0 Å². The summed E-state index contributed by atoms with van der Waals surface area (Å²) in [5.41, 5.74) is 8.53. The van der Waals surface area contributed by atoms with Crippen molar-refractivity contribution in [1.29, 1.82) is 0 Å². The maximum Gasteiger partial charge on any atom is 0.170 e. The van der Waals surface area contributed by atoms with E-state index in [4.69, 9.17) is 17.2 Å². The number of hydrogen-bond donors (Lipinski definition) is 1. The van der Waals surface area contributed by atoms with E-state index in [1.54, 1.807) is 0 Å². The second kappa shape index (κ2) is 8.83. The van der Waals surface area contributed by atoms with E-state index in [1.165, 1.54) is 33.8 Å². The normalized spacial score (nSPS) is 17.9. The molecule has 3 heterocycles. The van der Waals surface area contributed by atoms with Gasteiger partial charge in [0.05, 0.1) is 17.8 Å². The summed E-state index contributed by atoms with van der Waals surface area (Å²) in [6, 6.07) is 27.2. The number of nitrogens with zero attached hydrogens (tertiary/aromatic N) is 3. The van der Waals surface area contributed by atoms with Gasteiger partial charge in [-0.2, -0.15) is 0 Å². The van der Waals surface area contributed by atoms with Crippen molar-refractivity contribution in [3.63, 3.8) is 0 Å². The van der Waals surface area contributed by atoms with Gasteiger partial charge in [0.2, 0.25) is 0 Å². The summed E-state index contributed by atoms with van der Waals surface area (Å²) in [5.74, 6) is 0. The first-order chi connectivity index (χ1) is 16.1. The van der Waals surface area contributed by atoms with Crippen LogP contribution in [0.15, 0.2) is 85.1 Å². The Labute approximate surface area is 200 Å². The standard InChI is InChI=1S/C28H28N4S/c1-19-20(2)32(23-14-8-5-9-15-23)21(3)25(19)27-26(24-16-10-11-17-29-24)30-28(33)31(27)18-22-12-6-4-7-13-22/h4-17,26-27H,18H2,1-3H3,(H,30,33)/t26-,27+/m1/s1. The van der Waals surface area contributed by atoms with Gasteiger partial charge in [0.25, 0.3) is 0 Å². The Morgan fingerprint density at radius 1 is 0.848 bits per heavy atom. The number of thiocarbonyl (C=S) groups is 1. The summed E-state index contributed by atoms with van der Waals surface area (Å²) >= 11 is 5.89. The topological polar surface area (TPSA) is 33.1 Å². The maximum absolute atomic E-state index is 5.89. The van der Waals surface area contributed by atoms with Crippen molar-refractivity contribution in [2.45, 2.75) is 39.4 Å². The SMILES string of the molecule is Cc1c([C@H]2[C@@H](c3ccccn3)NC(=S)N2Cc2ccccc2)c(C)n(-c2ccccc2)c1C. The average Bonchev–Trinajstić information content (AvgIpc) is 3.27. The minimum Gasteiger partial charge on any atom is -0.352 e. The molecule has 2 atom stereocenters. The summed E-state index contributed by atoms with van der Waals surface area (Å²) in [4.78, 5) is 7.03. The highest BCUT2D eigenvalue weighted by Gasteiger charge is 2.42. The molecule has 0 bridgehead atoms. The maximum atomic E-state index is 5.89. The molecule has 0 radical (unpaired) electrons. The highest BCUT2D eigenvalue weighted by Crippen LogP contribution is 2.44. The van der Waals surface area contributed by atoms with Crippen molar-refractivity contribution in [2.75, 3.05) is 0 Å². The minimum absolute atomic E-state index is 0.0224. The second-order valence-electron chi connectivity index (χ2n) is 8.62. The van der Waals surface area contributed by atoms with Crippen LogP contribution in [0.4, 0.5) is 0 Å². The number of aromatic nitrogens is 2. The molecule has 33 heavy (non-hydrogen) atoms. The van der Waals surface area contributed by atoms with Gasteiger partial charge in [0.1, 0.15) is 0 Å². The fourth-order valence-corrected chi connectivity index (χ4v) is 5.38. The molecule has 0 unspecified atom stereocenters. The van der Waals surface area contributed by atoms with Crippen LogP contribution < -0.4 is 5.32 Å². The van der Waals surface area contributed by atoms with Crippen LogP contribution in [0.25, 0.3) is 5.69 Å².